The second kappa shape index (κ2) is 7.09. The van der Waals surface area contributed by atoms with Crippen LogP contribution in [0, 0.1) is 0 Å². The van der Waals surface area contributed by atoms with Gasteiger partial charge in [-0.1, -0.05) is 35.5 Å². The largest absolute Gasteiger partial charge is 0.493 e. The Morgan fingerprint density at radius 1 is 1.17 bits per heavy atom. The molecule has 0 radical (unpaired) electrons. The molecule has 0 aliphatic carbocycles. The molecule has 1 aliphatic rings. The molecule has 2 aromatic heterocycles. The highest BCUT2D eigenvalue weighted by Gasteiger charge is 2.37. The lowest BCUT2D eigenvalue weighted by Gasteiger charge is -2.37. The fourth-order valence-corrected chi connectivity index (χ4v) is 3.61. The van der Waals surface area contributed by atoms with Crippen molar-refractivity contribution in [1.82, 2.24) is 15.0 Å². The summed E-state index contributed by atoms with van der Waals surface area (Å²) in [6.07, 6.45) is 1.56. The first kappa shape index (κ1) is 17.5. The highest BCUT2D eigenvalue weighted by molar-refractivity contribution is 6.09. The standard InChI is InChI=1S/C22H19N3O4/c1-2-27-17-10-9-14-6-3-4-7-16(14)19(17)22(26)25-12-15(13-25)21-23-20(24-29-21)18-8-5-11-28-18/h3-11,15H,2,12-13H2,1H3. The maximum atomic E-state index is 13.3. The molecule has 0 spiro atoms. The lowest BCUT2D eigenvalue weighted by Crippen LogP contribution is -2.48. The summed E-state index contributed by atoms with van der Waals surface area (Å²) in [4.78, 5) is 19.5. The third-order valence-electron chi connectivity index (χ3n) is 5.11. The molecule has 0 bridgehead atoms. The second-order valence-corrected chi connectivity index (χ2v) is 6.93. The van der Waals surface area contributed by atoms with Crippen LogP contribution in [0.1, 0.15) is 29.1 Å². The molecule has 0 unspecified atom stereocenters. The Kier molecular flexibility index (Phi) is 4.27. The van der Waals surface area contributed by atoms with Crippen molar-refractivity contribution >= 4 is 16.7 Å². The van der Waals surface area contributed by atoms with Gasteiger partial charge in [0.15, 0.2) is 5.76 Å². The quantitative estimate of drug-likeness (QED) is 0.511. The van der Waals surface area contributed by atoms with Crippen molar-refractivity contribution in [3.63, 3.8) is 0 Å². The molecule has 0 N–H and O–H groups in total. The molecule has 5 rings (SSSR count). The Morgan fingerprint density at radius 3 is 2.83 bits per heavy atom. The van der Waals surface area contributed by atoms with E-state index >= 15 is 0 Å². The molecule has 7 nitrogen and oxygen atoms in total. The number of aromatic nitrogens is 2. The predicted octanol–water partition coefficient (Wildman–Crippen LogP) is 4.12. The zero-order valence-electron chi connectivity index (χ0n) is 15.9. The topological polar surface area (TPSA) is 81.6 Å². The van der Waals surface area contributed by atoms with Gasteiger partial charge in [0.2, 0.25) is 11.7 Å². The van der Waals surface area contributed by atoms with Gasteiger partial charge in [0.1, 0.15) is 5.75 Å². The highest BCUT2D eigenvalue weighted by atomic mass is 16.5. The summed E-state index contributed by atoms with van der Waals surface area (Å²) >= 11 is 0. The fraction of sp³-hybridized carbons (Fsp3) is 0.227. The first-order chi connectivity index (χ1) is 14.2. The number of benzene rings is 2. The number of nitrogens with zero attached hydrogens (tertiary/aromatic N) is 3. The van der Waals surface area contributed by atoms with E-state index in [0.717, 1.165) is 10.8 Å². The summed E-state index contributed by atoms with van der Waals surface area (Å²) in [7, 11) is 0. The number of ether oxygens (including phenoxy) is 1. The van der Waals surface area contributed by atoms with E-state index in [9.17, 15) is 4.79 Å². The third kappa shape index (κ3) is 3.04. The van der Waals surface area contributed by atoms with Gasteiger partial charge in [-0.25, -0.2) is 0 Å². The SMILES string of the molecule is CCOc1ccc2ccccc2c1C(=O)N1CC(c2nc(-c3ccco3)no2)C1. The summed E-state index contributed by atoms with van der Waals surface area (Å²) < 4.78 is 16.4. The van der Waals surface area contributed by atoms with Gasteiger partial charge >= 0.3 is 0 Å². The molecule has 1 amide bonds. The van der Waals surface area contributed by atoms with E-state index < -0.39 is 0 Å². The zero-order valence-corrected chi connectivity index (χ0v) is 15.9. The van der Waals surface area contributed by atoms with E-state index in [4.69, 9.17) is 13.7 Å². The average Bonchev–Trinajstić information content (AvgIpc) is 3.39. The van der Waals surface area contributed by atoms with E-state index in [1.165, 1.54) is 0 Å². The van der Waals surface area contributed by atoms with Crippen molar-refractivity contribution in [1.29, 1.82) is 0 Å². The molecule has 1 fully saturated rings. The number of fused-ring (bicyclic) bond motifs is 1. The van der Waals surface area contributed by atoms with Crippen LogP contribution in [0.25, 0.3) is 22.4 Å². The van der Waals surface area contributed by atoms with Crippen LogP contribution in [0.15, 0.2) is 63.7 Å². The van der Waals surface area contributed by atoms with Crippen molar-refractivity contribution in [2.75, 3.05) is 19.7 Å². The highest BCUT2D eigenvalue weighted by Crippen LogP contribution is 2.34. The maximum absolute atomic E-state index is 13.3. The Labute approximate surface area is 166 Å². The minimum Gasteiger partial charge on any atom is -0.493 e. The van der Waals surface area contributed by atoms with Gasteiger partial charge in [-0.15, -0.1) is 0 Å². The first-order valence-corrected chi connectivity index (χ1v) is 9.56. The van der Waals surface area contributed by atoms with Gasteiger partial charge in [-0.2, -0.15) is 4.98 Å². The van der Waals surface area contributed by atoms with Gasteiger partial charge in [-0.3, -0.25) is 4.79 Å². The summed E-state index contributed by atoms with van der Waals surface area (Å²) in [5.41, 5.74) is 0.602. The average molecular weight is 389 g/mol. The monoisotopic (exact) mass is 389 g/mol. The molecule has 7 heteroatoms. The number of carbonyl (C=O) groups is 1. The van der Waals surface area contributed by atoms with E-state index in [0.29, 0.717) is 48.5 Å². The Hall–Kier alpha value is -3.61. The van der Waals surface area contributed by atoms with E-state index in [2.05, 4.69) is 10.1 Å². The summed E-state index contributed by atoms with van der Waals surface area (Å²) in [5.74, 6) is 2.07. The smallest absolute Gasteiger partial charge is 0.258 e. The molecule has 3 heterocycles. The number of likely N-dealkylation sites (tertiary alicyclic amines) is 1. The number of carbonyl (C=O) groups excluding carboxylic acids is 1. The molecule has 146 valence electrons. The number of rotatable bonds is 5. The van der Waals surface area contributed by atoms with Gasteiger partial charge in [0, 0.05) is 13.1 Å². The summed E-state index contributed by atoms with van der Waals surface area (Å²) in [6, 6.07) is 15.2. The summed E-state index contributed by atoms with van der Waals surface area (Å²) in [5, 5.41) is 5.87. The van der Waals surface area contributed by atoms with Crippen molar-refractivity contribution in [3.8, 4) is 17.3 Å². The van der Waals surface area contributed by atoms with Crippen LogP contribution >= 0.6 is 0 Å². The molecule has 29 heavy (non-hydrogen) atoms. The van der Waals surface area contributed by atoms with Crippen LogP contribution in [0.3, 0.4) is 0 Å². The van der Waals surface area contributed by atoms with E-state index in [1.54, 1.807) is 23.3 Å². The third-order valence-corrected chi connectivity index (χ3v) is 5.11. The molecular weight excluding hydrogens is 370 g/mol. The number of hydrogen-bond donors (Lipinski definition) is 0. The van der Waals surface area contributed by atoms with Crippen molar-refractivity contribution in [3.05, 3.63) is 66.2 Å². The zero-order chi connectivity index (χ0) is 19.8. The van der Waals surface area contributed by atoms with Crippen LogP contribution in [-0.2, 0) is 0 Å². The first-order valence-electron chi connectivity index (χ1n) is 9.56. The lowest BCUT2D eigenvalue weighted by atomic mass is 9.96. The molecule has 0 saturated carbocycles. The van der Waals surface area contributed by atoms with Crippen molar-refractivity contribution in [2.45, 2.75) is 12.8 Å². The fourth-order valence-electron chi connectivity index (χ4n) is 3.61. The van der Waals surface area contributed by atoms with Crippen molar-refractivity contribution < 1.29 is 18.5 Å². The van der Waals surface area contributed by atoms with Gasteiger partial charge in [-0.05, 0) is 35.9 Å². The predicted molar refractivity (Wildman–Crippen MR) is 106 cm³/mol. The van der Waals surface area contributed by atoms with Gasteiger partial charge < -0.3 is 18.6 Å². The Morgan fingerprint density at radius 2 is 2.03 bits per heavy atom. The summed E-state index contributed by atoms with van der Waals surface area (Å²) in [6.45, 7) is 3.45. The Balaban J connectivity index is 1.37. The van der Waals surface area contributed by atoms with Crippen LogP contribution < -0.4 is 4.74 Å². The van der Waals surface area contributed by atoms with Crippen LogP contribution in [0.2, 0.25) is 0 Å². The molecule has 1 aliphatic heterocycles. The van der Waals surface area contributed by atoms with Crippen molar-refractivity contribution in [2.24, 2.45) is 0 Å². The van der Waals surface area contributed by atoms with E-state index in [-0.39, 0.29) is 11.8 Å². The molecule has 1 saturated heterocycles. The lowest BCUT2D eigenvalue weighted by molar-refractivity contribution is 0.0567. The number of hydrogen-bond acceptors (Lipinski definition) is 6. The molecular formula is C22H19N3O4. The second-order valence-electron chi connectivity index (χ2n) is 6.93. The number of amides is 1. The molecule has 4 aromatic rings. The maximum Gasteiger partial charge on any atom is 0.258 e. The normalized spacial score (nSPS) is 14.2. The molecule has 0 atom stereocenters. The van der Waals surface area contributed by atoms with Gasteiger partial charge in [0.05, 0.1) is 24.4 Å². The van der Waals surface area contributed by atoms with Crippen LogP contribution in [0.4, 0.5) is 0 Å². The van der Waals surface area contributed by atoms with Crippen LogP contribution in [0.5, 0.6) is 5.75 Å². The minimum atomic E-state index is -0.0488. The Bertz CT molecular complexity index is 1160. The van der Waals surface area contributed by atoms with E-state index in [1.807, 2.05) is 43.3 Å². The number of furan rings is 1. The van der Waals surface area contributed by atoms with Crippen LogP contribution in [-0.4, -0.2) is 40.6 Å². The molecule has 2 aromatic carbocycles. The minimum absolute atomic E-state index is 0.0145. The van der Waals surface area contributed by atoms with Gasteiger partial charge in [0.25, 0.3) is 5.91 Å².